The standard InChI is InChI=1S/C69H42N4O2/c1-5-18-43(19-6-1)47-33-36-60-58(38-47)59-39-48(44-20-7-2-8-21-44)34-37-61(59)73(60)65-56(45-22-9-3-10-23-45)40-50(41-57(65)46-24-11-4-12-25-46)68-70-67(49-32-35-53-51-26-13-15-30-62(51)74-64(53)42-49)71-69(72-68)55-29-17-28-54-52-27-14-16-31-63(52)75-66(54)55/h1-11,13-24,26-33,35-36,38-42H,34,37H2. The SMILES string of the molecule is c1cccc(-c2cc(-c3nc(-c4ccc5c(c4)oc4ccccc45)nc(-c4cccc5c4oc4ccccc45)n3)cc(-c3ccccc3)c2-n2c3c(c4cc(-c5ccccc5)ccc42)C=C(c2ccccc2)CC3)c#1. The molecule has 0 saturated heterocycles. The second-order valence-electron chi connectivity index (χ2n) is 19.2. The second kappa shape index (κ2) is 17.3. The van der Waals surface area contributed by atoms with E-state index < -0.39 is 0 Å². The summed E-state index contributed by atoms with van der Waals surface area (Å²) >= 11 is 0. The molecule has 0 saturated carbocycles. The van der Waals surface area contributed by atoms with Crippen molar-refractivity contribution in [1.82, 2.24) is 19.5 Å². The van der Waals surface area contributed by atoms with Crippen molar-refractivity contribution in [3.8, 4) is 73.2 Å². The van der Waals surface area contributed by atoms with Crippen LogP contribution in [0.4, 0.5) is 0 Å². The first-order chi connectivity index (χ1) is 37.2. The number of aromatic nitrogens is 4. The van der Waals surface area contributed by atoms with Crippen molar-refractivity contribution in [3.63, 3.8) is 0 Å². The highest BCUT2D eigenvalue weighted by Gasteiger charge is 2.28. The van der Waals surface area contributed by atoms with Crippen molar-refractivity contribution >= 4 is 66.4 Å². The van der Waals surface area contributed by atoms with Gasteiger partial charge in [0.25, 0.3) is 0 Å². The van der Waals surface area contributed by atoms with E-state index in [1.165, 1.54) is 38.9 Å². The monoisotopic (exact) mass is 958 g/mol. The van der Waals surface area contributed by atoms with Gasteiger partial charge in [0.2, 0.25) is 0 Å². The molecule has 6 heteroatoms. The van der Waals surface area contributed by atoms with E-state index in [4.69, 9.17) is 23.8 Å². The van der Waals surface area contributed by atoms with Crippen molar-refractivity contribution in [2.24, 2.45) is 0 Å². The van der Waals surface area contributed by atoms with E-state index in [2.05, 4.69) is 181 Å². The topological polar surface area (TPSA) is 69.9 Å². The van der Waals surface area contributed by atoms with E-state index in [-0.39, 0.29) is 0 Å². The molecule has 0 spiro atoms. The Bertz CT molecular complexity index is 4510. The molecule has 1 aliphatic rings. The summed E-state index contributed by atoms with van der Waals surface area (Å²) in [5, 5.41) is 5.32. The van der Waals surface area contributed by atoms with Crippen LogP contribution in [0.25, 0.3) is 140 Å². The molecule has 0 radical (unpaired) electrons. The Hall–Kier alpha value is -10.1. The number of benzene rings is 9. The van der Waals surface area contributed by atoms with Gasteiger partial charge in [0.05, 0.1) is 16.8 Å². The first-order valence-electron chi connectivity index (χ1n) is 25.4. The van der Waals surface area contributed by atoms with Crippen molar-refractivity contribution in [1.29, 1.82) is 0 Å². The maximum absolute atomic E-state index is 6.65. The second-order valence-corrected chi connectivity index (χ2v) is 19.2. The fraction of sp³-hybridized carbons (Fsp3) is 0.0290. The Labute approximate surface area is 432 Å². The van der Waals surface area contributed by atoms with Gasteiger partial charge in [-0.3, -0.25) is 0 Å². The number of hydrogen-bond donors (Lipinski definition) is 0. The van der Waals surface area contributed by atoms with Gasteiger partial charge in [-0.15, -0.1) is 0 Å². The molecule has 0 N–H and O–H groups in total. The minimum atomic E-state index is 0.497. The molecule has 15 rings (SSSR count). The van der Waals surface area contributed by atoms with Crippen LogP contribution in [0.5, 0.6) is 0 Å². The lowest BCUT2D eigenvalue weighted by Crippen LogP contribution is -2.08. The van der Waals surface area contributed by atoms with Crippen molar-refractivity contribution in [2.75, 3.05) is 0 Å². The predicted octanol–water partition coefficient (Wildman–Crippen LogP) is 17.7. The smallest absolute Gasteiger partial charge is 0.167 e. The zero-order valence-electron chi connectivity index (χ0n) is 40.5. The molecule has 0 fully saturated rings. The molecule has 0 unspecified atom stereocenters. The number of fused-ring (bicyclic) bond motifs is 9. The Balaban J connectivity index is 1.01. The summed E-state index contributed by atoms with van der Waals surface area (Å²) in [4.78, 5) is 16.1. The first-order valence-corrected chi connectivity index (χ1v) is 25.4. The molecule has 4 heterocycles. The highest BCUT2D eigenvalue weighted by atomic mass is 16.3. The lowest BCUT2D eigenvalue weighted by atomic mass is 9.90. The van der Waals surface area contributed by atoms with E-state index in [0.29, 0.717) is 23.1 Å². The van der Waals surface area contributed by atoms with Gasteiger partial charge in [-0.05, 0) is 113 Å². The van der Waals surface area contributed by atoms with E-state index in [1.807, 2.05) is 66.7 Å². The van der Waals surface area contributed by atoms with Crippen molar-refractivity contribution in [3.05, 3.63) is 253 Å². The van der Waals surface area contributed by atoms with Crippen molar-refractivity contribution < 1.29 is 8.83 Å². The number of para-hydroxylation sites is 3. The summed E-state index contributed by atoms with van der Waals surface area (Å²) in [5.74, 6) is 1.52. The van der Waals surface area contributed by atoms with Gasteiger partial charge in [-0.2, -0.15) is 0 Å². The molecule has 1 aliphatic carbocycles. The summed E-state index contributed by atoms with van der Waals surface area (Å²) < 4.78 is 15.6. The largest absolute Gasteiger partial charge is 0.456 e. The Morgan fingerprint density at radius 2 is 1.04 bits per heavy atom. The van der Waals surface area contributed by atoms with Crippen LogP contribution in [-0.2, 0) is 6.42 Å². The first kappa shape index (κ1) is 42.6. The van der Waals surface area contributed by atoms with Crippen molar-refractivity contribution in [2.45, 2.75) is 12.8 Å². The summed E-state index contributed by atoms with van der Waals surface area (Å²) in [6.07, 6.45) is 4.17. The average Bonchev–Trinajstić information content (AvgIpc) is 4.22. The lowest BCUT2D eigenvalue weighted by Gasteiger charge is -2.23. The van der Waals surface area contributed by atoms with Gasteiger partial charge < -0.3 is 13.4 Å². The van der Waals surface area contributed by atoms with Gasteiger partial charge in [0, 0.05) is 66.0 Å². The van der Waals surface area contributed by atoms with E-state index in [9.17, 15) is 0 Å². The van der Waals surface area contributed by atoms with Crippen LogP contribution in [0.2, 0.25) is 0 Å². The fourth-order valence-corrected chi connectivity index (χ4v) is 11.3. The molecular formula is C69H42N4O2. The molecule has 4 aromatic heterocycles. The van der Waals surface area contributed by atoms with Crippen LogP contribution >= 0.6 is 0 Å². The van der Waals surface area contributed by atoms with Crippen LogP contribution in [0, 0.1) is 12.1 Å². The molecule has 0 aliphatic heterocycles. The zero-order valence-corrected chi connectivity index (χ0v) is 40.5. The fourth-order valence-electron chi connectivity index (χ4n) is 11.3. The summed E-state index contributed by atoms with van der Waals surface area (Å²) in [6, 6.07) is 85.2. The molecule has 6 nitrogen and oxygen atoms in total. The maximum Gasteiger partial charge on any atom is 0.167 e. The zero-order chi connectivity index (χ0) is 49.4. The summed E-state index contributed by atoms with van der Waals surface area (Å²) in [6.45, 7) is 0. The quantitative estimate of drug-likeness (QED) is 0.152. The number of nitrogens with zero attached hydrogens (tertiary/aromatic N) is 4. The summed E-state index contributed by atoms with van der Waals surface area (Å²) in [7, 11) is 0. The minimum absolute atomic E-state index is 0.497. The number of allylic oxidation sites excluding steroid dienone is 1. The van der Waals surface area contributed by atoms with Gasteiger partial charge in [0.1, 0.15) is 22.3 Å². The molecule has 350 valence electrons. The number of rotatable bonds is 8. The molecular weight excluding hydrogens is 917 g/mol. The molecule has 0 amide bonds. The third-order valence-electron chi connectivity index (χ3n) is 14.8. The lowest BCUT2D eigenvalue weighted by molar-refractivity contribution is 0.668. The van der Waals surface area contributed by atoms with Crippen LogP contribution in [0.3, 0.4) is 0 Å². The normalized spacial score (nSPS) is 12.4. The van der Waals surface area contributed by atoms with Gasteiger partial charge in [-0.1, -0.05) is 170 Å². The highest BCUT2D eigenvalue weighted by Crippen LogP contribution is 2.47. The Morgan fingerprint density at radius 3 is 1.81 bits per heavy atom. The molecule has 10 aromatic carbocycles. The summed E-state index contributed by atoms with van der Waals surface area (Å²) in [5.41, 5.74) is 19.0. The Kier molecular flexibility index (Phi) is 9.82. The van der Waals surface area contributed by atoms with Gasteiger partial charge in [-0.25, -0.2) is 15.0 Å². The molecule has 0 atom stereocenters. The highest BCUT2D eigenvalue weighted by molar-refractivity contribution is 6.10. The molecule has 14 aromatic rings. The van der Waals surface area contributed by atoms with E-state index in [0.717, 1.165) is 101 Å². The van der Waals surface area contributed by atoms with Gasteiger partial charge in [0.15, 0.2) is 17.5 Å². The number of hydrogen-bond acceptors (Lipinski definition) is 5. The van der Waals surface area contributed by atoms with Crippen LogP contribution in [0.15, 0.2) is 233 Å². The number of furan rings is 2. The van der Waals surface area contributed by atoms with Crippen LogP contribution in [-0.4, -0.2) is 19.5 Å². The third-order valence-corrected chi connectivity index (χ3v) is 14.8. The van der Waals surface area contributed by atoms with E-state index in [1.54, 1.807) is 0 Å². The minimum Gasteiger partial charge on any atom is -0.456 e. The van der Waals surface area contributed by atoms with Crippen LogP contribution in [0.1, 0.15) is 23.2 Å². The predicted molar refractivity (Wildman–Crippen MR) is 304 cm³/mol. The Morgan fingerprint density at radius 1 is 0.400 bits per heavy atom. The van der Waals surface area contributed by atoms with Gasteiger partial charge >= 0.3 is 0 Å². The van der Waals surface area contributed by atoms with E-state index >= 15 is 0 Å². The van der Waals surface area contributed by atoms with Crippen LogP contribution < -0.4 is 0 Å². The molecule has 0 bridgehead atoms. The maximum atomic E-state index is 6.65. The molecule has 75 heavy (non-hydrogen) atoms. The third kappa shape index (κ3) is 7.16. The average molecular weight is 959 g/mol.